The SMILES string of the molecule is COc1ccc(C2CCC(CN(C(=O)C3CCC(OC(=O)NCCN)CC3)c3cccc(-c4cnn(C5CC5)c4)c3)CC2)cc1C. The van der Waals surface area contributed by atoms with Gasteiger partial charge in [0.15, 0.2) is 0 Å². The fourth-order valence-electron chi connectivity index (χ4n) is 7.31. The first-order valence-corrected chi connectivity index (χ1v) is 17.2. The van der Waals surface area contributed by atoms with Crippen molar-refractivity contribution in [2.75, 3.05) is 31.6 Å². The largest absolute Gasteiger partial charge is 0.496 e. The monoisotopic (exact) mass is 627 g/mol. The van der Waals surface area contributed by atoms with Gasteiger partial charge in [0, 0.05) is 43.0 Å². The van der Waals surface area contributed by atoms with Gasteiger partial charge in [-0.3, -0.25) is 9.48 Å². The van der Waals surface area contributed by atoms with Crippen molar-refractivity contribution in [2.45, 2.75) is 89.2 Å². The van der Waals surface area contributed by atoms with Crippen molar-refractivity contribution in [3.63, 3.8) is 0 Å². The average molecular weight is 628 g/mol. The third kappa shape index (κ3) is 7.74. The number of nitrogens with one attached hydrogen (secondary N) is 1. The molecule has 2 aromatic carbocycles. The number of nitrogens with zero attached hydrogens (tertiary/aromatic N) is 3. The van der Waals surface area contributed by atoms with E-state index in [4.69, 9.17) is 15.2 Å². The van der Waals surface area contributed by atoms with Crippen LogP contribution in [0.2, 0.25) is 0 Å². The molecule has 1 aromatic heterocycles. The lowest BCUT2D eigenvalue weighted by atomic mass is 9.78. The fraction of sp³-hybridized carbons (Fsp3) is 0.541. The number of aryl methyl sites for hydroxylation is 1. The van der Waals surface area contributed by atoms with Crippen molar-refractivity contribution >= 4 is 17.7 Å². The molecule has 9 nitrogen and oxygen atoms in total. The van der Waals surface area contributed by atoms with Gasteiger partial charge in [-0.2, -0.15) is 5.10 Å². The highest BCUT2D eigenvalue weighted by atomic mass is 16.6. The molecule has 3 saturated carbocycles. The van der Waals surface area contributed by atoms with Crippen molar-refractivity contribution in [1.82, 2.24) is 15.1 Å². The molecule has 3 N–H and O–H groups in total. The van der Waals surface area contributed by atoms with Gasteiger partial charge in [-0.15, -0.1) is 0 Å². The number of hydrogen-bond acceptors (Lipinski definition) is 6. The number of methoxy groups -OCH3 is 1. The minimum atomic E-state index is -0.427. The first kappa shape index (κ1) is 32.1. The summed E-state index contributed by atoms with van der Waals surface area (Å²) in [5.74, 6) is 2.00. The van der Waals surface area contributed by atoms with Gasteiger partial charge < -0.3 is 25.4 Å². The molecule has 0 saturated heterocycles. The molecule has 1 heterocycles. The smallest absolute Gasteiger partial charge is 0.407 e. The Morgan fingerprint density at radius 1 is 0.978 bits per heavy atom. The van der Waals surface area contributed by atoms with E-state index in [-0.39, 0.29) is 17.9 Å². The molecule has 0 bridgehead atoms. The van der Waals surface area contributed by atoms with Crippen LogP contribution in [-0.4, -0.2) is 54.6 Å². The number of rotatable bonds is 11. The number of carbonyl (C=O) groups is 2. The van der Waals surface area contributed by atoms with Gasteiger partial charge in [0.05, 0.1) is 19.3 Å². The Balaban J connectivity index is 1.15. The predicted molar refractivity (Wildman–Crippen MR) is 180 cm³/mol. The minimum absolute atomic E-state index is 0.0909. The average Bonchev–Trinajstić information content (AvgIpc) is 3.82. The van der Waals surface area contributed by atoms with E-state index in [1.165, 1.54) is 24.0 Å². The number of amides is 2. The molecule has 2 amide bonds. The standard InChI is InChI=1S/C37H49N5O4/c1-25-20-30(12-17-35(25)45-2)27-8-6-26(7-9-27)23-41(36(43)28-10-15-34(16-11-28)46-37(44)39-19-18-38)33-5-3-4-29(21-33)31-22-40-42(24-31)32-13-14-32/h3-5,12,17,20-22,24,26-28,32,34H,6-11,13-16,18-19,23,38H2,1-2H3,(H,39,44). The Morgan fingerprint density at radius 2 is 1.76 bits per heavy atom. The predicted octanol–water partition coefficient (Wildman–Crippen LogP) is 6.75. The zero-order valence-electron chi connectivity index (χ0n) is 27.3. The first-order valence-electron chi connectivity index (χ1n) is 17.2. The third-order valence-electron chi connectivity index (χ3n) is 10.2. The third-order valence-corrected chi connectivity index (χ3v) is 10.2. The minimum Gasteiger partial charge on any atom is -0.496 e. The molecule has 3 aliphatic rings. The van der Waals surface area contributed by atoms with Gasteiger partial charge in [-0.1, -0.05) is 24.3 Å². The topological polar surface area (TPSA) is 112 Å². The fourth-order valence-corrected chi connectivity index (χ4v) is 7.31. The number of nitrogens with two attached hydrogens (primary N) is 1. The Bertz CT molecular complexity index is 1480. The van der Waals surface area contributed by atoms with Crippen LogP contribution in [0.15, 0.2) is 54.9 Å². The molecule has 246 valence electrons. The van der Waals surface area contributed by atoms with E-state index in [2.05, 4.69) is 75.6 Å². The zero-order chi connectivity index (χ0) is 32.0. The Labute approximate surface area is 272 Å². The van der Waals surface area contributed by atoms with Crippen LogP contribution in [0.5, 0.6) is 5.75 Å². The van der Waals surface area contributed by atoms with Gasteiger partial charge in [0.25, 0.3) is 0 Å². The molecule has 0 aliphatic heterocycles. The zero-order valence-corrected chi connectivity index (χ0v) is 27.3. The second-order valence-corrected chi connectivity index (χ2v) is 13.5. The number of anilines is 1. The van der Waals surface area contributed by atoms with E-state index in [0.717, 1.165) is 54.8 Å². The summed E-state index contributed by atoms with van der Waals surface area (Å²) in [6, 6.07) is 15.5. The number of aromatic nitrogens is 2. The molecule has 3 aromatic rings. The lowest BCUT2D eigenvalue weighted by molar-refractivity contribution is -0.124. The van der Waals surface area contributed by atoms with Crippen molar-refractivity contribution < 1.29 is 19.1 Å². The van der Waals surface area contributed by atoms with Crippen molar-refractivity contribution in [3.05, 3.63) is 66.0 Å². The van der Waals surface area contributed by atoms with Crippen molar-refractivity contribution in [3.8, 4) is 16.9 Å². The highest BCUT2D eigenvalue weighted by Crippen LogP contribution is 2.40. The Hall–Kier alpha value is -3.85. The maximum absolute atomic E-state index is 14.3. The second kappa shape index (κ2) is 14.7. The summed E-state index contributed by atoms with van der Waals surface area (Å²) in [4.78, 5) is 28.5. The molecule has 9 heteroatoms. The van der Waals surface area contributed by atoms with E-state index < -0.39 is 6.09 Å². The highest BCUT2D eigenvalue weighted by molar-refractivity contribution is 5.95. The summed E-state index contributed by atoms with van der Waals surface area (Å²) in [6.45, 7) is 3.59. The van der Waals surface area contributed by atoms with Crippen LogP contribution in [0.4, 0.5) is 10.5 Å². The molecule has 0 unspecified atom stereocenters. The quantitative estimate of drug-likeness (QED) is 0.243. The number of alkyl carbamates (subject to hydrolysis) is 1. The Kier molecular flexibility index (Phi) is 10.3. The van der Waals surface area contributed by atoms with Crippen LogP contribution in [-0.2, 0) is 9.53 Å². The summed E-state index contributed by atoms with van der Waals surface area (Å²) >= 11 is 0. The Morgan fingerprint density at radius 3 is 2.46 bits per heavy atom. The van der Waals surface area contributed by atoms with E-state index in [0.29, 0.717) is 56.7 Å². The van der Waals surface area contributed by atoms with Crippen LogP contribution in [0.3, 0.4) is 0 Å². The molecule has 0 spiro atoms. The van der Waals surface area contributed by atoms with Crippen LogP contribution in [0.1, 0.15) is 87.3 Å². The second-order valence-electron chi connectivity index (χ2n) is 13.5. The molecule has 0 radical (unpaired) electrons. The van der Waals surface area contributed by atoms with Crippen LogP contribution in [0.25, 0.3) is 11.1 Å². The van der Waals surface area contributed by atoms with E-state index in [1.807, 2.05) is 6.20 Å². The summed E-state index contributed by atoms with van der Waals surface area (Å²) in [5.41, 5.74) is 11.2. The summed E-state index contributed by atoms with van der Waals surface area (Å²) < 4.78 is 13.2. The van der Waals surface area contributed by atoms with Crippen molar-refractivity contribution in [1.29, 1.82) is 0 Å². The number of carbonyl (C=O) groups excluding carboxylic acids is 2. The molecular weight excluding hydrogens is 578 g/mol. The van der Waals surface area contributed by atoms with Crippen molar-refractivity contribution in [2.24, 2.45) is 17.6 Å². The van der Waals surface area contributed by atoms with Gasteiger partial charge in [0.1, 0.15) is 11.9 Å². The van der Waals surface area contributed by atoms with E-state index in [9.17, 15) is 9.59 Å². The van der Waals surface area contributed by atoms with E-state index >= 15 is 0 Å². The van der Waals surface area contributed by atoms with Gasteiger partial charge >= 0.3 is 6.09 Å². The van der Waals surface area contributed by atoms with Crippen LogP contribution in [0, 0.1) is 18.8 Å². The van der Waals surface area contributed by atoms with Crippen LogP contribution < -0.4 is 20.7 Å². The first-order chi connectivity index (χ1) is 22.4. The number of ether oxygens (including phenoxy) is 2. The molecule has 0 atom stereocenters. The summed E-state index contributed by atoms with van der Waals surface area (Å²) in [7, 11) is 1.72. The summed E-state index contributed by atoms with van der Waals surface area (Å²) in [6.07, 6.45) is 13.1. The highest BCUT2D eigenvalue weighted by Gasteiger charge is 2.34. The van der Waals surface area contributed by atoms with Crippen LogP contribution >= 0.6 is 0 Å². The number of hydrogen-bond donors (Lipinski definition) is 2. The molecule has 3 aliphatic carbocycles. The molecule has 6 rings (SSSR count). The van der Waals surface area contributed by atoms with E-state index in [1.54, 1.807) is 7.11 Å². The molecular formula is C37H49N5O4. The lowest BCUT2D eigenvalue weighted by Gasteiger charge is -2.36. The maximum atomic E-state index is 14.3. The maximum Gasteiger partial charge on any atom is 0.407 e. The summed E-state index contributed by atoms with van der Waals surface area (Å²) in [5, 5.41) is 7.28. The van der Waals surface area contributed by atoms with Gasteiger partial charge in [-0.05, 0) is 118 Å². The molecule has 3 fully saturated rings. The number of benzene rings is 2. The van der Waals surface area contributed by atoms with Gasteiger partial charge in [0.2, 0.25) is 5.91 Å². The van der Waals surface area contributed by atoms with Gasteiger partial charge in [-0.25, -0.2) is 4.79 Å². The normalized spacial score (nSPS) is 23.0. The lowest BCUT2D eigenvalue weighted by Crippen LogP contribution is -2.42. The molecule has 46 heavy (non-hydrogen) atoms.